The monoisotopic (exact) mass is 504 g/mol. The summed E-state index contributed by atoms with van der Waals surface area (Å²) in [5.41, 5.74) is 3.29. The van der Waals surface area contributed by atoms with Crippen molar-refractivity contribution in [3.63, 3.8) is 0 Å². The molecule has 0 unspecified atom stereocenters. The van der Waals surface area contributed by atoms with Crippen molar-refractivity contribution in [1.29, 1.82) is 0 Å². The summed E-state index contributed by atoms with van der Waals surface area (Å²) in [7, 11) is 0. The lowest BCUT2D eigenvalue weighted by atomic mass is 10.0. The highest BCUT2D eigenvalue weighted by atomic mass is 35.5. The second kappa shape index (κ2) is 10.7. The molecule has 0 saturated carbocycles. The van der Waals surface area contributed by atoms with Gasteiger partial charge in [-0.3, -0.25) is 14.9 Å². The van der Waals surface area contributed by atoms with Crippen molar-refractivity contribution in [2.45, 2.75) is 27.4 Å². The SMILES string of the molecule is CCOc1cc(/C=C2\C(=O)NC(=O)N(c3cccc(C)c3C)C2=O)cc(Cl)c1OCc1ccccc1. The number of hydrogen-bond donors (Lipinski definition) is 1. The van der Waals surface area contributed by atoms with Crippen LogP contribution < -0.4 is 19.7 Å². The van der Waals surface area contributed by atoms with Crippen molar-refractivity contribution >= 4 is 41.2 Å². The number of carbonyl (C=O) groups excluding carboxylic acids is 3. The lowest BCUT2D eigenvalue weighted by molar-refractivity contribution is -0.122. The number of imide groups is 2. The van der Waals surface area contributed by atoms with Crippen LogP contribution in [0.2, 0.25) is 5.02 Å². The average molecular weight is 505 g/mol. The molecule has 4 rings (SSSR count). The topological polar surface area (TPSA) is 84.9 Å². The Hall–Kier alpha value is -4.10. The van der Waals surface area contributed by atoms with Crippen LogP contribution in [0.4, 0.5) is 10.5 Å². The van der Waals surface area contributed by atoms with Crippen LogP contribution in [0.5, 0.6) is 11.5 Å². The van der Waals surface area contributed by atoms with Gasteiger partial charge in [0.25, 0.3) is 11.8 Å². The fourth-order valence-electron chi connectivity index (χ4n) is 3.82. The lowest BCUT2D eigenvalue weighted by Crippen LogP contribution is -2.54. The number of nitrogens with one attached hydrogen (secondary N) is 1. The minimum Gasteiger partial charge on any atom is -0.490 e. The lowest BCUT2D eigenvalue weighted by Gasteiger charge is -2.28. The summed E-state index contributed by atoms with van der Waals surface area (Å²) in [4.78, 5) is 39.5. The Morgan fingerprint density at radius 2 is 1.72 bits per heavy atom. The van der Waals surface area contributed by atoms with Crippen LogP contribution in [0.1, 0.15) is 29.2 Å². The molecule has 1 saturated heterocycles. The molecule has 3 aromatic rings. The number of amides is 4. The number of benzene rings is 3. The van der Waals surface area contributed by atoms with Crippen LogP contribution in [0.25, 0.3) is 6.08 Å². The number of nitrogens with zero attached hydrogens (tertiary/aromatic N) is 1. The van der Waals surface area contributed by atoms with Crippen LogP contribution in [0, 0.1) is 13.8 Å². The Morgan fingerprint density at radius 3 is 2.44 bits per heavy atom. The zero-order chi connectivity index (χ0) is 25.8. The van der Waals surface area contributed by atoms with Crippen LogP contribution in [0.3, 0.4) is 0 Å². The first-order valence-corrected chi connectivity index (χ1v) is 11.8. The number of urea groups is 1. The molecule has 36 heavy (non-hydrogen) atoms. The molecule has 8 heteroatoms. The van der Waals surface area contributed by atoms with Crippen molar-refractivity contribution in [3.8, 4) is 11.5 Å². The maximum absolute atomic E-state index is 13.3. The molecule has 0 spiro atoms. The summed E-state index contributed by atoms with van der Waals surface area (Å²) >= 11 is 6.53. The molecule has 0 bridgehead atoms. The van der Waals surface area contributed by atoms with Crippen molar-refractivity contribution in [2.24, 2.45) is 0 Å². The average Bonchev–Trinajstić information content (AvgIpc) is 2.84. The first kappa shape index (κ1) is 25.0. The summed E-state index contributed by atoms with van der Waals surface area (Å²) in [6, 6.07) is 17.3. The fraction of sp³-hybridized carbons (Fsp3) is 0.179. The van der Waals surface area contributed by atoms with E-state index in [0.29, 0.717) is 29.4 Å². The van der Waals surface area contributed by atoms with E-state index in [2.05, 4.69) is 5.32 Å². The highest BCUT2D eigenvalue weighted by Crippen LogP contribution is 2.38. The second-order valence-electron chi connectivity index (χ2n) is 8.21. The van der Waals surface area contributed by atoms with E-state index >= 15 is 0 Å². The standard InChI is InChI=1S/C28H25ClN2O5/c1-4-35-24-15-20(14-22(29)25(24)36-16-19-10-6-5-7-11-19)13-21-26(32)30-28(34)31(27(21)33)23-12-8-9-17(2)18(23)3/h5-15H,4,16H2,1-3H3,(H,30,32,34)/b21-13+. The van der Waals surface area contributed by atoms with Gasteiger partial charge in [0.15, 0.2) is 11.5 Å². The van der Waals surface area contributed by atoms with E-state index in [-0.39, 0.29) is 17.2 Å². The molecule has 0 radical (unpaired) electrons. The van der Waals surface area contributed by atoms with E-state index in [1.807, 2.05) is 57.2 Å². The van der Waals surface area contributed by atoms with Crippen molar-refractivity contribution in [1.82, 2.24) is 5.32 Å². The quantitative estimate of drug-likeness (QED) is 0.334. The van der Waals surface area contributed by atoms with E-state index in [4.69, 9.17) is 21.1 Å². The van der Waals surface area contributed by atoms with Gasteiger partial charge in [-0.25, -0.2) is 9.69 Å². The number of hydrogen-bond acceptors (Lipinski definition) is 5. The smallest absolute Gasteiger partial charge is 0.335 e. The fourth-order valence-corrected chi connectivity index (χ4v) is 4.10. The zero-order valence-electron chi connectivity index (χ0n) is 20.1. The molecule has 184 valence electrons. The molecular formula is C28H25ClN2O5. The minimum absolute atomic E-state index is 0.202. The third-order valence-corrected chi connectivity index (χ3v) is 6.07. The van der Waals surface area contributed by atoms with Gasteiger partial charge >= 0.3 is 6.03 Å². The third kappa shape index (κ3) is 5.11. The summed E-state index contributed by atoms with van der Waals surface area (Å²) in [6.07, 6.45) is 1.39. The van der Waals surface area contributed by atoms with Crippen molar-refractivity contribution < 1.29 is 23.9 Å². The number of ether oxygens (including phenoxy) is 2. The van der Waals surface area contributed by atoms with Gasteiger partial charge in [-0.2, -0.15) is 0 Å². The van der Waals surface area contributed by atoms with Crippen LogP contribution >= 0.6 is 11.6 Å². The Labute approximate surface area is 214 Å². The molecule has 0 atom stereocenters. The van der Waals surface area contributed by atoms with Gasteiger partial charge in [-0.05, 0) is 67.3 Å². The number of barbiturate groups is 1. The maximum atomic E-state index is 13.3. The van der Waals surface area contributed by atoms with Crippen molar-refractivity contribution in [3.05, 3.63) is 93.5 Å². The Kier molecular flexibility index (Phi) is 7.41. The first-order chi connectivity index (χ1) is 17.3. The number of halogens is 1. The van der Waals surface area contributed by atoms with Crippen LogP contribution in [0.15, 0.2) is 66.2 Å². The molecule has 4 amide bonds. The normalized spacial score (nSPS) is 14.7. The Morgan fingerprint density at radius 1 is 0.972 bits per heavy atom. The Balaban J connectivity index is 1.69. The molecule has 1 fully saturated rings. The summed E-state index contributed by atoms with van der Waals surface area (Å²) < 4.78 is 11.7. The molecule has 1 N–H and O–H groups in total. The molecule has 1 aliphatic heterocycles. The maximum Gasteiger partial charge on any atom is 0.335 e. The van der Waals surface area contributed by atoms with Gasteiger partial charge in [-0.1, -0.05) is 54.1 Å². The Bertz CT molecular complexity index is 1370. The van der Waals surface area contributed by atoms with E-state index in [9.17, 15) is 14.4 Å². The van der Waals surface area contributed by atoms with Gasteiger partial charge in [-0.15, -0.1) is 0 Å². The number of anilines is 1. The second-order valence-corrected chi connectivity index (χ2v) is 8.62. The first-order valence-electron chi connectivity index (χ1n) is 11.4. The largest absolute Gasteiger partial charge is 0.490 e. The molecule has 0 aliphatic carbocycles. The van der Waals surface area contributed by atoms with Gasteiger partial charge in [0.1, 0.15) is 12.2 Å². The van der Waals surface area contributed by atoms with Crippen LogP contribution in [-0.2, 0) is 16.2 Å². The highest BCUT2D eigenvalue weighted by molar-refractivity contribution is 6.39. The summed E-state index contributed by atoms with van der Waals surface area (Å²) in [5.74, 6) is -0.781. The number of aryl methyl sites for hydroxylation is 1. The van der Waals surface area contributed by atoms with Crippen LogP contribution in [-0.4, -0.2) is 24.5 Å². The molecule has 1 heterocycles. The summed E-state index contributed by atoms with van der Waals surface area (Å²) in [6.45, 7) is 6.16. The molecule has 3 aromatic carbocycles. The number of rotatable bonds is 7. The number of carbonyl (C=O) groups is 3. The van der Waals surface area contributed by atoms with Gasteiger partial charge < -0.3 is 9.47 Å². The van der Waals surface area contributed by atoms with E-state index in [1.165, 1.54) is 6.08 Å². The van der Waals surface area contributed by atoms with E-state index in [1.54, 1.807) is 24.3 Å². The predicted octanol–water partition coefficient (Wildman–Crippen LogP) is 5.60. The predicted molar refractivity (Wildman–Crippen MR) is 138 cm³/mol. The third-order valence-electron chi connectivity index (χ3n) is 5.79. The van der Waals surface area contributed by atoms with Gasteiger partial charge in [0.05, 0.1) is 17.3 Å². The van der Waals surface area contributed by atoms with Gasteiger partial charge in [0, 0.05) is 0 Å². The summed E-state index contributed by atoms with van der Waals surface area (Å²) in [5, 5.41) is 2.51. The zero-order valence-corrected chi connectivity index (χ0v) is 20.9. The minimum atomic E-state index is -0.798. The van der Waals surface area contributed by atoms with Gasteiger partial charge in [0.2, 0.25) is 0 Å². The molecule has 1 aliphatic rings. The molecule has 7 nitrogen and oxygen atoms in total. The van der Waals surface area contributed by atoms with Crippen molar-refractivity contribution in [2.75, 3.05) is 11.5 Å². The van der Waals surface area contributed by atoms with E-state index in [0.717, 1.165) is 21.6 Å². The molecular weight excluding hydrogens is 480 g/mol. The van der Waals surface area contributed by atoms with E-state index < -0.39 is 17.8 Å². The molecule has 0 aromatic heterocycles. The highest BCUT2D eigenvalue weighted by Gasteiger charge is 2.37.